The van der Waals surface area contributed by atoms with Crippen molar-refractivity contribution in [2.24, 2.45) is 23.0 Å². The van der Waals surface area contributed by atoms with Crippen LogP contribution in [0.4, 0.5) is 0 Å². The van der Waals surface area contributed by atoms with E-state index in [0.29, 0.717) is 11.5 Å². The first-order valence-corrected chi connectivity index (χ1v) is 4.38. The van der Waals surface area contributed by atoms with Crippen LogP contribution < -0.4 is 5.73 Å². The fourth-order valence-corrected chi connectivity index (χ4v) is 2.90. The van der Waals surface area contributed by atoms with Crippen LogP contribution in [-0.4, -0.2) is 6.04 Å². The van der Waals surface area contributed by atoms with Crippen molar-refractivity contribution in [2.45, 2.75) is 39.2 Å². The summed E-state index contributed by atoms with van der Waals surface area (Å²) in [7, 11) is 0. The molecule has 2 aliphatic carbocycles. The first-order chi connectivity index (χ1) is 4.62. The lowest BCUT2D eigenvalue weighted by molar-refractivity contribution is 0.181. The summed E-state index contributed by atoms with van der Waals surface area (Å²) in [5.41, 5.74) is 6.55. The molecule has 66 valence electrons. The second-order valence-electron chi connectivity index (χ2n) is 4.62. The van der Waals surface area contributed by atoms with E-state index >= 15 is 0 Å². The van der Waals surface area contributed by atoms with E-state index in [4.69, 9.17) is 5.73 Å². The van der Waals surface area contributed by atoms with Crippen molar-refractivity contribution < 1.29 is 0 Å². The number of nitrogens with two attached hydrogens (primary N) is 1. The highest BCUT2D eigenvalue weighted by atomic mass is 35.5. The van der Waals surface area contributed by atoms with Crippen LogP contribution in [0.2, 0.25) is 0 Å². The molecule has 0 aromatic carbocycles. The quantitative estimate of drug-likeness (QED) is 0.600. The van der Waals surface area contributed by atoms with Gasteiger partial charge in [0, 0.05) is 6.04 Å². The fraction of sp³-hybridized carbons (Fsp3) is 1.00. The molecule has 2 saturated carbocycles. The van der Waals surface area contributed by atoms with Gasteiger partial charge in [0.25, 0.3) is 0 Å². The summed E-state index contributed by atoms with van der Waals surface area (Å²) in [6.07, 6.45) is 4.24. The Morgan fingerprint density at radius 3 is 2.18 bits per heavy atom. The van der Waals surface area contributed by atoms with Crippen molar-refractivity contribution in [3.63, 3.8) is 0 Å². The lowest BCUT2D eigenvalue weighted by Gasteiger charge is -2.35. The lowest BCUT2D eigenvalue weighted by Crippen LogP contribution is -2.42. The van der Waals surface area contributed by atoms with Gasteiger partial charge < -0.3 is 5.73 Å². The number of fused-ring (bicyclic) bond motifs is 2. The molecule has 2 aliphatic rings. The van der Waals surface area contributed by atoms with Gasteiger partial charge in [-0.05, 0) is 36.5 Å². The number of hydrogen-bond donors (Lipinski definition) is 1. The molecule has 0 unspecified atom stereocenters. The third-order valence-electron chi connectivity index (χ3n) is 3.89. The molecule has 0 saturated heterocycles. The monoisotopic (exact) mass is 175 g/mol. The summed E-state index contributed by atoms with van der Waals surface area (Å²) < 4.78 is 0. The van der Waals surface area contributed by atoms with E-state index in [1.165, 1.54) is 19.3 Å². The summed E-state index contributed by atoms with van der Waals surface area (Å²) in [4.78, 5) is 0. The molecule has 3 atom stereocenters. The lowest BCUT2D eigenvalue weighted by atomic mass is 9.73. The predicted octanol–water partition coefficient (Wildman–Crippen LogP) is 2.19. The summed E-state index contributed by atoms with van der Waals surface area (Å²) >= 11 is 0. The van der Waals surface area contributed by atoms with Crippen molar-refractivity contribution in [1.82, 2.24) is 0 Å². The smallest absolute Gasteiger partial charge is 0.0121 e. The van der Waals surface area contributed by atoms with Crippen molar-refractivity contribution in [2.75, 3.05) is 0 Å². The molecule has 1 nitrogen and oxygen atoms in total. The average Bonchev–Trinajstić information content (AvgIpc) is 2.37. The zero-order valence-electron chi connectivity index (χ0n) is 7.34. The Labute approximate surface area is 75.1 Å². The largest absolute Gasteiger partial charge is 0.327 e. The zero-order valence-corrected chi connectivity index (χ0v) is 8.16. The Bertz CT molecular complexity index is 152. The normalized spacial score (nSPS) is 45.5. The van der Waals surface area contributed by atoms with E-state index in [0.717, 1.165) is 11.8 Å². The topological polar surface area (TPSA) is 26.0 Å². The molecular formula is C9H18ClN. The van der Waals surface area contributed by atoms with E-state index in [1.807, 2.05) is 0 Å². The Balaban J connectivity index is 0.000000605. The van der Waals surface area contributed by atoms with Crippen LogP contribution in [0.3, 0.4) is 0 Å². The summed E-state index contributed by atoms with van der Waals surface area (Å²) in [5.74, 6) is 1.80. The van der Waals surface area contributed by atoms with E-state index in [1.54, 1.807) is 0 Å². The van der Waals surface area contributed by atoms with Crippen LogP contribution in [0.5, 0.6) is 0 Å². The fourth-order valence-electron chi connectivity index (χ4n) is 2.90. The molecule has 0 aromatic heterocycles. The maximum Gasteiger partial charge on any atom is 0.0121 e. The maximum atomic E-state index is 6.10. The molecular weight excluding hydrogens is 158 g/mol. The summed E-state index contributed by atoms with van der Waals surface area (Å²) in [6, 6.07) is 0.492. The molecule has 2 heteroatoms. The highest BCUT2D eigenvalue weighted by Crippen LogP contribution is 2.54. The second kappa shape index (κ2) is 2.63. The first-order valence-electron chi connectivity index (χ1n) is 4.38. The molecule has 0 amide bonds. The van der Waals surface area contributed by atoms with Gasteiger partial charge in [0.05, 0.1) is 0 Å². The molecule has 0 aliphatic heterocycles. The summed E-state index contributed by atoms with van der Waals surface area (Å²) in [5, 5.41) is 0. The van der Waals surface area contributed by atoms with Gasteiger partial charge in [0.15, 0.2) is 0 Å². The average molecular weight is 176 g/mol. The minimum Gasteiger partial charge on any atom is -0.327 e. The number of hydrogen-bond acceptors (Lipinski definition) is 1. The van der Waals surface area contributed by atoms with Gasteiger partial charge in [-0.3, -0.25) is 0 Å². The Kier molecular flexibility index (Phi) is 2.24. The van der Waals surface area contributed by atoms with Crippen LogP contribution in [0.25, 0.3) is 0 Å². The Morgan fingerprint density at radius 1 is 1.27 bits per heavy atom. The zero-order chi connectivity index (χ0) is 7.35. The van der Waals surface area contributed by atoms with Crippen LogP contribution in [0, 0.1) is 17.3 Å². The van der Waals surface area contributed by atoms with E-state index in [-0.39, 0.29) is 12.4 Å². The minimum absolute atomic E-state index is 0. The predicted molar refractivity (Wildman–Crippen MR) is 49.8 cm³/mol. The molecule has 2 rings (SSSR count). The molecule has 2 fully saturated rings. The highest BCUT2D eigenvalue weighted by molar-refractivity contribution is 5.85. The van der Waals surface area contributed by atoms with E-state index in [2.05, 4.69) is 13.8 Å². The van der Waals surface area contributed by atoms with Crippen molar-refractivity contribution in [3.8, 4) is 0 Å². The van der Waals surface area contributed by atoms with Crippen LogP contribution >= 0.6 is 12.4 Å². The second-order valence-corrected chi connectivity index (χ2v) is 4.62. The maximum absolute atomic E-state index is 6.10. The van der Waals surface area contributed by atoms with Crippen LogP contribution in [0.15, 0.2) is 0 Å². The molecule has 11 heavy (non-hydrogen) atoms. The van der Waals surface area contributed by atoms with Gasteiger partial charge in [-0.1, -0.05) is 13.8 Å². The molecule has 2 bridgehead atoms. The van der Waals surface area contributed by atoms with Crippen LogP contribution in [-0.2, 0) is 0 Å². The SMILES string of the molecule is CC1(C)[C@@H]2CC[C@@H](C2)[C@@H]1N.Cl. The standard InChI is InChI=1S/C9H17N.ClH/c1-9(2)7-4-3-6(5-7)8(9)10;/h6-8H,3-5,10H2,1-2H3;1H/t6-,7+,8-;/m0./s1. The van der Waals surface area contributed by atoms with Gasteiger partial charge in [-0.15, -0.1) is 12.4 Å². The van der Waals surface area contributed by atoms with Gasteiger partial charge >= 0.3 is 0 Å². The molecule has 2 N–H and O–H groups in total. The first kappa shape index (κ1) is 9.34. The molecule has 0 radical (unpaired) electrons. The van der Waals surface area contributed by atoms with E-state index < -0.39 is 0 Å². The van der Waals surface area contributed by atoms with Crippen LogP contribution in [0.1, 0.15) is 33.1 Å². The Hall–Kier alpha value is 0.250. The minimum atomic E-state index is 0. The van der Waals surface area contributed by atoms with E-state index in [9.17, 15) is 0 Å². The number of halogens is 1. The third-order valence-corrected chi connectivity index (χ3v) is 3.89. The molecule has 0 spiro atoms. The molecule has 0 heterocycles. The van der Waals surface area contributed by atoms with Gasteiger partial charge in [-0.2, -0.15) is 0 Å². The third kappa shape index (κ3) is 1.09. The summed E-state index contributed by atoms with van der Waals surface area (Å²) in [6.45, 7) is 4.67. The van der Waals surface area contributed by atoms with Gasteiger partial charge in [0.1, 0.15) is 0 Å². The van der Waals surface area contributed by atoms with Crippen molar-refractivity contribution >= 4 is 12.4 Å². The van der Waals surface area contributed by atoms with Gasteiger partial charge in [-0.25, -0.2) is 0 Å². The highest BCUT2D eigenvalue weighted by Gasteiger charge is 2.50. The van der Waals surface area contributed by atoms with Crippen molar-refractivity contribution in [1.29, 1.82) is 0 Å². The Morgan fingerprint density at radius 2 is 1.91 bits per heavy atom. The van der Waals surface area contributed by atoms with Gasteiger partial charge in [0.2, 0.25) is 0 Å². The van der Waals surface area contributed by atoms with Crippen molar-refractivity contribution in [3.05, 3.63) is 0 Å². The molecule has 0 aromatic rings. The number of rotatable bonds is 0.